The Kier molecular flexibility index (Phi) is 5.24. The predicted octanol–water partition coefficient (Wildman–Crippen LogP) is -0.789. The minimum atomic E-state index is -0.715. The highest BCUT2D eigenvalue weighted by Gasteiger charge is 2.37. The summed E-state index contributed by atoms with van der Waals surface area (Å²) in [4.78, 5) is 40.5. The molecule has 0 spiro atoms. The fourth-order valence-corrected chi connectivity index (χ4v) is 2.66. The van der Waals surface area contributed by atoms with E-state index in [1.165, 1.54) is 18.0 Å². The van der Waals surface area contributed by atoms with Crippen LogP contribution in [0, 0.1) is 5.41 Å². The van der Waals surface area contributed by atoms with E-state index in [4.69, 9.17) is 16.9 Å². The van der Waals surface area contributed by atoms with E-state index in [0.29, 0.717) is 18.4 Å². The van der Waals surface area contributed by atoms with Gasteiger partial charge in [-0.15, -0.1) is 0 Å². The highest BCUT2D eigenvalue weighted by atomic mass is 16.2. The molecule has 1 aromatic heterocycles. The molecule has 1 saturated heterocycles. The van der Waals surface area contributed by atoms with Gasteiger partial charge in [0.05, 0.1) is 12.7 Å². The third kappa shape index (κ3) is 3.57. The van der Waals surface area contributed by atoms with Crippen LogP contribution in [0.2, 0.25) is 0 Å². The second-order valence-corrected chi connectivity index (χ2v) is 5.55. The topological polar surface area (TPSA) is 155 Å². The monoisotopic (exact) mass is 332 g/mol. The summed E-state index contributed by atoms with van der Waals surface area (Å²) in [7, 11) is 0. The SMILES string of the molecule is CC(=O)C(=N)c1cccnc1NCC(=O)N1C(N)CCC1C(N)=O. The van der Waals surface area contributed by atoms with Crippen LogP contribution >= 0.6 is 0 Å². The van der Waals surface area contributed by atoms with Gasteiger partial charge in [-0.2, -0.15) is 0 Å². The lowest BCUT2D eigenvalue weighted by atomic mass is 10.1. The summed E-state index contributed by atoms with van der Waals surface area (Å²) in [5.41, 5.74) is 11.3. The number of hydrogen-bond donors (Lipinski definition) is 4. The minimum Gasteiger partial charge on any atom is -0.368 e. The van der Waals surface area contributed by atoms with Crippen LogP contribution in [0.5, 0.6) is 0 Å². The number of pyridine rings is 1. The zero-order valence-electron chi connectivity index (χ0n) is 13.3. The Morgan fingerprint density at radius 1 is 1.42 bits per heavy atom. The predicted molar refractivity (Wildman–Crippen MR) is 87.3 cm³/mol. The van der Waals surface area contributed by atoms with Gasteiger partial charge in [-0.25, -0.2) is 4.98 Å². The number of primary amides is 1. The van der Waals surface area contributed by atoms with E-state index in [2.05, 4.69) is 10.3 Å². The highest BCUT2D eigenvalue weighted by molar-refractivity contribution is 6.45. The van der Waals surface area contributed by atoms with E-state index < -0.39 is 29.8 Å². The maximum absolute atomic E-state index is 12.4. The first-order chi connectivity index (χ1) is 11.3. The second-order valence-electron chi connectivity index (χ2n) is 5.55. The molecule has 2 atom stereocenters. The van der Waals surface area contributed by atoms with Crippen molar-refractivity contribution in [1.29, 1.82) is 5.41 Å². The van der Waals surface area contributed by atoms with Gasteiger partial charge in [0.25, 0.3) is 0 Å². The number of aromatic nitrogens is 1. The van der Waals surface area contributed by atoms with E-state index in [1.54, 1.807) is 12.1 Å². The van der Waals surface area contributed by atoms with E-state index >= 15 is 0 Å². The summed E-state index contributed by atoms with van der Waals surface area (Å²) < 4.78 is 0. The number of rotatable bonds is 6. The number of anilines is 1. The Hall–Kier alpha value is -2.81. The molecule has 24 heavy (non-hydrogen) atoms. The number of hydrogen-bond acceptors (Lipinski definition) is 7. The number of nitrogens with two attached hydrogens (primary N) is 2. The van der Waals surface area contributed by atoms with Crippen LogP contribution in [0.15, 0.2) is 18.3 Å². The summed E-state index contributed by atoms with van der Waals surface area (Å²) in [6, 6.07) is 2.45. The Morgan fingerprint density at radius 2 is 2.12 bits per heavy atom. The zero-order chi connectivity index (χ0) is 17.9. The molecule has 2 heterocycles. The largest absolute Gasteiger partial charge is 0.368 e. The standard InChI is InChI=1S/C15H20N6O3/c1-8(22)13(17)9-3-2-6-19-15(9)20-7-12(23)21-10(14(18)24)4-5-11(21)16/h2-3,6,10-11,17H,4-5,7,16H2,1H3,(H2,18,24)(H,19,20). The minimum absolute atomic E-state index is 0.174. The van der Waals surface area contributed by atoms with E-state index in [1.807, 2.05) is 0 Å². The van der Waals surface area contributed by atoms with Crippen molar-refractivity contribution >= 4 is 29.1 Å². The van der Waals surface area contributed by atoms with Crippen LogP contribution in [0.4, 0.5) is 5.82 Å². The molecular weight excluding hydrogens is 312 g/mol. The molecule has 0 aromatic carbocycles. The number of likely N-dealkylation sites (tertiary alicyclic amines) is 1. The lowest BCUT2D eigenvalue weighted by Gasteiger charge is -2.26. The van der Waals surface area contributed by atoms with Crippen LogP contribution < -0.4 is 16.8 Å². The number of nitrogens with zero attached hydrogens (tertiary/aromatic N) is 2. The van der Waals surface area contributed by atoms with Crippen molar-refractivity contribution in [3.8, 4) is 0 Å². The van der Waals surface area contributed by atoms with Gasteiger partial charge in [0.1, 0.15) is 17.6 Å². The summed E-state index contributed by atoms with van der Waals surface area (Å²) in [5.74, 6) is -1.15. The normalized spacial score (nSPS) is 19.8. The Labute approximate surface area is 138 Å². The molecule has 2 amide bonds. The average Bonchev–Trinajstić information content (AvgIpc) is 2.94. The van der Waals surface area contributed by atoms with E-state index in [0.717, 1.165) is 0 Å². The Bertz CT molecular complexity index is 690. The second kappa shape index (κ2) is 7.18. The third-order valence-corrected chi connectivity index (χ3v) is 3.88. The van der Waals surface area contributed by atoms with Gasteiger partial charge in [0.2, 0.25) is 11.8 Å². The van der Waals surface area contributed by atoms with Crippen LogP contribution in [0.1, 0.15) is 25.3 Å². The molecule has 0 aliphatic carbocycles. The molecule has 1 aliphatic heterocycles. The summed E-state index contributed by atoms with van der Waals surface area (Å²) in [5, 5.41) is 10.6. The van der Waals surface area contributed by atoms with Crippen molar-refractivity contribution < 1.29 is 14.4 Å². The molecule has 0 bridgehead atoms. The Morgan fingerprint density at radius 3 is 2.75 bits per heavy atom. The van der Waals surface area contributed by atoms with Gasteiger partial charge in [-0.05, 0) is 25.0 Å². The first kappa shape index (κ1) is 17.5. The fraction of sp³-hybridized carbons (Fsp3) is 0.400. The maximum Gasteiger partial charge on any atom is 0.243 e. The zero-order valence-corrected chi connectivity index (χ0v) is 13.3. The number of Topliss-reactive ketones (excluding diaryl/α,β-unsaturated/α-hetero) is 1. The van der Waals surface area contributed by atoms with Crippen LogP contribution in [-0.4, -0.2) is 51.9 Å². The lowest BCUT2D eigenvalue weighted by Crippen LogP contribution is -2.52. The summed E-state index contributed by atoms with van der Waals surface area (Å²) in [6.07, 6.45) is 1.86. The average molecular weight is 332 g/mol. The van der Waals surface area contributed by atoms with E-state index in [-0.39, 0.29) is 18.1 Å². The number of carbonyl (C=O) groups is 3. The van der Waals surface area contributed by atoms with Crippen molar-refractivity contribution in [2.75, 3.05) is 11.9 Å². The van der Waals surface area contributed by atoms with Gasteiger partial charge in [-0.3, -0.25) is 19.8 Å². The fourth-order valence-electron chi connectivity index (χ4n) is 2.66. The summed E-state index contributed by atoms with van der Waals surface area (Å²) >= 11 is 0. The van der Waals surface area contributed by atoms with Gasteiger partial charge in [0.15, 0.2) is 5.78 Å². The first-order valence-electron chi connectivity index (χ1n) is 7.47. The molecule has 128 valence electrons. The maximum atomic E-state index is 12.4. The van der Waals surface area contributed by atoms with Crippen LogP contribution in [0.25, 0.3) is 0 Å². The van der Waals surface area contributed by atoms with Crippen molar-refractivity contribution in [2.24, 2.45) is 11.5 Å². The quantitative estimate of drug-likeness (QED) is 0.500. The van der Waals surface area contributed by atoms with E-state index in [9.17, 15) is 14.4 Å². The number of ketones is 1. The van der Waals surface area contributed by atoms with Crippen LogP contribution in [0.3, 0.4) is 0 Å². The molecule has 1 aromatic rings. The lowest BCUT2D eigenvalue weighted by molar-refractivity contribution is -0.137. The molecule has 6 N–H and O–H groups in total. The van der Waals surface area contributed by atoms with Gasteiger partial charge in [-0.1, -0.05) is 0 Å². The first-order valence-corrected chi connectivity index (χ1v) is 7.47. The number of carbonyl (C=O) groups excluding carboxylic acids is 3. The molecule has 1 fully saturated rings. The highest BCUT2D eigenvalue weighted by Crippen LogP contribution is 2.21. The van der Waals surface area contributed by atoms with Crippen molar-refractivity contribution in [3.63, 3.8) is 0 Å². The molecule has 2 rings (SSSR count). The molecule has 9 nitrogen and oxygen atoms in total. The molecule has 2 unspecified atom stereocenters. The van der Waals surface area contributed by atoms with Crippen LogP contribution in [-0.2, 0) is 14.4 Å². The summed E-state index contributed by atoms with van der Waals surface area (Å²) in [6.45, 7) is 1.11. The van der Waals surface area contributed by atoms with Gasteiger partial charge in [0, 0.05) is 18.7 Å². The molecule has 0 saturated carbocycles. The number of amides is 2. The third-order valence-electron chi connectivity index (χ3n) is 3.88. The smallest absolute Gasteiger partial charge is 0.243 e. The van der Waals surface area contributed by atoms with Gasteiger partial charge < -0.3 is 21.7 Å². The molecule has 9 heteroatoms. The van der Waals surface area contributed by atoms with Crippen molar-refractivity contribution in [3.05, 3.63) is 23.9 Å². The molecule has 1 aliphatic rings. The number of nitrogens with one attached hydrogen (secondary N) is 2. The van der Waals surface area contributed by atoms with Crippen molar-refractivity contribution in [2.45, 2.75) is 32.0 Å². The van der Waals surface area contributed by atoms with Gasteiger partial charge >= 0.3 is 0 Å². The Balaban J connectivity index is 2.11. The van der Waals surface area contributed by atoms with Crippen molar-refractivity contribution in [1.82, 2.24) is 9.88 Å². The molecular formula is C15H20N6O3. The molecule has 0 radical (unpaired) electrons.